The summed E-state index contributed by atoms with van der Waals surface area (Å²) in [4.78, 5) is 8.97. The maximum atomic E-state index is 4.88. The summed E-state index contributed by atoms with van der Waals surface area (Å²) < 4.78 is 0.648. The summed E-state index contributed by atoms with van der Waals surface area (Å²) in [7, 11) is 0. The summed E-state index contributed by atoms with van der Waals surface area (Å²) in [5.74, 6) is 0. The van der Waals surface area contributed by atoms with E-state index in [0.29, 0.717) is 4.77 Å². The van der Waals surface area contributed by atoms with Gasteiger partial charge in [-0.05, 0) is 24.4 Å². The summed E-state index contributed by atoms with van der Waals surface area (Å²) >= 11 is 4.88. The minimum absolute atomic E-state index is 0.648. The van der Waals surface area contributed by atoms with Crippen LogP contribution in [0.4, 0.5) is 0 Å². The standard InChI is InChI=1S/C7H7N3S/c11-7-9-4-6(10-7)5-2-1-3-8-5/h1-4,8H,(H2,9,10,11). The molecule has 3 nitrogen and oxygen atoms in total. The molecule has 0 atom stereocenters. The first-order valence-corrected chi connectivity index (χ1v) is 3.68. The fourth-order valence-corrected chi connectivity index (χ4v) is 1.14. The van der Waals surface area contributed by atoms with Gasteiger partial charge in [-0.25, -0.2) is 0 Å². The molecular weight excluding hydrogens is 158 g/mol. The number of rotatable bonds is 1. The minimum atomic E-state index is 0.648. The average Bonchev–Trinajstić information content (AvgIpc) is 2.55. The van der Waals surface area contributed by atoms with E-state index in [1.165, 1.54) is 0 Å². The van der Waals surface area contributed by atoms with E-state index in [9.17, 15) is 0 Å². The number of H-pyrrole nitrogens is 3. The van der Waals surface area contributed by atoms with Crippen molar-refractivity contribution < 1.29 is 0 Å². The number of aromatic nitrogens is 3. The Morgan fingerprint density at radius 2 is 2.09 bits per heavy atom. The molecule has 0 amide bonds. The molecule has 0 radical (unpaired) electrons. The molecule has 0 unspecified atom stereocenters. The molecule has 4 heteroatoms. The fourth-order valence-electron chi connectivity index (χ4n) is 0.975. The number of imidazole rings is 1. The largest absolute Gasteiger partial charge is 0.360 e. The van der Waals surface area contributed by atoms with Crippen LogP contribution in [0.15, 0.2) is 24.5 Å². The van der Waals surface area contributed by atoms with Crippen LogP contribution in [0.5, 0.6) is 0 Å². The quantitative estimate of drug-likeness (QED) is 0.556. The Labute approximate surface area is 68.5 Å². The Balaban J connectivity index is 2.53. The van der Waals surface area contributed by atoms with Crippen LogP contribution < -0.4 is 0 Å². The third-order valence-electron chi connectivity index (χ3n) is 1.48. The number of nitrogens with one attached hydrogen (secondary N) is 3. The lowest BCUT2D eigenvalue weighted by atomic mass is 10.3. The van der Waals surface area contributed by atoms with E-state index in [-0.39, 0.29) is 0 Å². The average molecular weight is 165 g/mol. The molecule has 0 fully saturated rings. The molecule has 56 valence electrons. The van der Waals surface area contributed by atoms with Crippen molar-refractivity contribution in [3.63, 3.8) is 0 Å². The fraction of sp³-hybridized carbons (Fsp3) is 0. The molecule has 2 heterocycles. The third kappa shape index (κ3) is 1.12. The van der Waals surface area contributed by atoms with Crippen molar-refractivity contribution in [2.75, 3.05) is 0 Å². The highest BCUT2D eigenvalue weighted by molar-refractivity contribution is 7.71. The Kier molecular flexibility index (Phi) is 1.40. The molecule has 0 aliphatic carbocycles. The molecule has 2 aromatic heterocycles. The van der Waals surface area contributed by atoms with Crippen LogP contribution >= 0.6 is 12.2 Å². The molecule has 0 saturated heterocycles. The summed E-state index contributed by atoms with van der Waals surface area (Å²) in [6.45, 7) is 0. The van der Waals surface area contributed by atoms with Gasteiger partial charge in [0.25, 0.3) is 0 Å². The lowest BCUT2D eigenvalue weighted by Gasteiger charge is -1.87. The second-order valence-electron chi connectivity index (χ2n) is 2.24. The summed E-state index contributed by atoms with van der Waals surface area (Å²) in [6, 6.07) is 3.92. The lowest BCUT2D eigenvalue weighted by molar-refractivity contribution is 1.26. The monoisotopic (exact) mass is 165 g/mol. The van der Waals surface area contributed by atoms with Gasteiger partial charge in [-0.2, -0.15) is 0 Å². The van der Waals surface area contributed by atoms with Crippen LogP contribution in [0.2, 0.25) is 0 Å². The van der Waals surface area contributed by atoms with Crippen molar-refractivity contribution in [1.29, 1.82) is 0 Å². The van der Waals surface area contributed by atoms with Gasteiger partial charge in [0.1, 0.15) is 0 Å². The first-order valence-electron chi connectivity index (χ1n) is 3.28. The lowest BCUT2D eigenvalue weighted by Crippen LogP contribution is -1.73. The summed E-state index contributed by atoms with van der Waals surface area (Å²) in [5.41, 5.74) is 2.03. The van der Waals surface area contributed by atoms with Crippen LogP contribution in [0.3, 0.4) is 0 Å². The highest BCUT2D eigenvalue weighted by atomic mass is 32.1. The highest BCUT2D eigenvalue weighted by Gasteiger charge is 1.96. The van der Waals surface area contributed by atoms with Crippen molar-refractivity contribution in [2.24, 2.45) is 0 Å². The van der Waals surface area contributed by atoms with Crippen LogP contribution in [0.25, 0.3) is 11.4 Å². The number of hydrogen-bond donors (Lipinski definition) is 3. The van der Waals surface area contributed by atoms with Gasteiger partial charge in [0.05, 0.1) is 11.4 Å². The Morgan fingerprint density at radius 1 is 1.18 bits per heavy atom. The Hall–Kier alpha value is -1.29. The van der Waals surface area contributed by atoms with Crippen LogP contribution in [-0.2, 0) is 0 Å². The first-order chi connectivity index (χ1) is 5.36. The third-order valence-corrected chi connectivity index (χ3v) is 1.70. The van der Waals surface area contributed by atoms with Gasteiger partial charge < -0.3 is 15.0 Å². The van der Waals surface area contributed by atoms with E-state index >= 15 is 0 Å². The SMILES string of the molecule is S=c1[nH]cc(-c2ccc[nH]2)[nH]1. The summed E-state index contributed by atoms with van der Waals surface area (Å²) in [6.07, 6.45) is 3.72. The Morgan fingerprint density at radius 3 is 2.64 bits per heavy atom. The van der Waals surface area contributed by atoms with Crippen molar-refractivity contribution in [2.45, 2.75) is 0 Å². The zero-order valence-corrected chi connectivity index (χ0v) is 6.53. The second-order valence-corrected chi connectivity index (χ2v) is 2.65. The highest BCUT2D eigenvalue weighted by Crippen LogP contribution is 2.11. The van der Waals surface area contributed by atoms with E-state index in [2.05, 4.69) is 15.0 Å². The molecule has 0 aromatic carbocycles. The molecule has 3 N–H and O–H groups in total. The van der Waals surface area contributed by atoms with Gasteiger partial charge in [0, 0.05) is 12.4 Å². The van der Waals surface area contributed by atoms with Crippen LogP contribution in [0.1, 0.15) is 0 Å². The molecule has 11 heavy (non-hydrogen) atoms. The molecule has 0 aliphatic rings. The number of hydrogen-bond acceptors (Lipinski definition) is 1. The van der Waals surface area contributed by atoms with Crippen molar-refractivity contribution in [3.8, 4) is 11.4 Å². The first kappa shape index (κ1) is 6.42. The Bertz CT molecular complexity index is 382. The topological polar surface area (TPSA) is 47.4 Å². The predicted octanol–water partition coefficient (Wildman–Crippen LogP) is 2.07. The van der Waals surface area contributed by atoms with Crippen molar-refractivity contribution in [1.82, 2.24) is 15.0 Å². The zero-order valence-electron chi connectivity index (χ0n) is 5.72. The minimum Gasteiger partial charge on any atom is -0.360 e. The second kappa shape index (κ2) is 2.39. The van der Waals surface area contributed by atoms with E-state index in [4.69, 9.17) is 12.2 Å². The molecule has 2 aromatic rings. The van der Waals surface area contributed by atoms with E-state index < -0.39 is 0 Å². The summed E-state index contributed by atoms with van der Waals surface area (Å²) in [5, 5.41) is 0. The normalized spacial score (nSPS) is 10.2. The van der Waals surface area contributed by atoms with Crippen molar-refractivity contribution >= 4 is 12.2 Å². The molecule has 0 aliphatic heterocycles. The molecule has 0 bridgehead atoms. The molecule has 0 spiro atoms. The van der Waals surface area contributed by atoms with Gasteiger partial charge >= 0.3 is 0 Å². The smallest absolute Gasteiger partial charge is 0.174 e. The van der Waals surface area contributed by atoms with E-state index in [1.54, 1.807) is 0 Å². The zero-order chi connectivity index (χ0) is 7.68. The van der Waals surface area contributed by atoms with Crippen LogP contribution in [0, 0.1) is 4.77 Å². The maximum absolute atomic E-state index is 4.88. The van der Waals surface area contributed by atoms with Crippen molar-refractivity contribution in [3.05, 3.63) is 29.3 Å². The number of aromatic amines is 3. The van der Waals surface area contributed by atoms with Gasteiger partial charge in [-0.1, -0.05) is 0 Å². The molecule has 2 rings (SSSR count). The maximum Gasteiger partial charge on any atom is 0.174 e. The van der Waals surface area contributed by atoms with Gasteiger partial charge in [0.2, 0.25) is 0 Å². The van der Waals surface area contributed by atoms with Crippen LogP contribution in [-0.4, -0.2) is 15.0 Å². The van der Waals surface area contributed by atoms with Gasteiger partial charge in [-0.15, -0.1) is 0 Å². The van der Waals surface area contributed by atoms with E-state index in [1.807, 2.05) is 24.5 Å². The molecule has 0 saturated carbocycles. The predicted molar refractivity (Wildman–Crippen MR) is 45.8 cm³/mol. The van der Waals surface area contributed by atoms with Gasteiger partial charge in [0.15, 0.2) is 4.77 Å². The molecular formula is C7H7N3S. The van der Waals surface area contributed by atoms with E-state index in [0.717, 1.165) is 11.4 Å². The van der Waals surface area contributed by atoms with Gasteiger partial charge in [-0.3, -0.25) is 0 Å².